The predicted molar refractivity (Wildman–Crippen MR) is 122 cm³/mol. The van der Waals surface area contributed by atoms with Gasteiger partial charge in [0.2, 0.25) is 0 Å². The second kappa shape index (κ2) is 9.41. The van der Waals surface area contributed by atoms with E-state index >= 15 is 0 Å². The molecule has 1 aliphatic carbocycles. The summed E-state index contributed by atoms with van der Waals surface area (Å²) in [5.41, 5.74) is 1.01. The van der Waals surface area contributed by atoms with Crippen molar-refractivity contribution in [1.29, 1.82) is 5.26 Å². The lowest BCUT2D eigenvalue weighted by Crippen LogP contribution is -2.40. The van der Waals surface area contributed by atoms with Crippen molar-refractivity contribution in [2.45, 2.75) is 38.8 Å². The predicted octanol–water partition coefficient (Wildman–Crippen LogP) is 5.45. The highest BCUT2D eigenvalue weighted by Crippen LogP contribution is 2.47. The molecule has 0 spiro atoms. The van der Waals surface area contributed by atoms with Gasteiger partial charge in [0.15, 0.2) is 5.78 Å². The molecule has 0 unspecified atom stereocenters. The van der Waals surface area contributed by atoms with Crippen LogP contribution >= 0.6 is 0 Å². The second-order valence-corrected chi connectivity index (χ2v) is 8.45. The Bertz CT molecular complexity index is 1300. The van der Waals surface area contributed by atoms with Crippen molar-refractivity contribution in [3.8, 4) is 6.07 Å². The van der Waals surface area contributed by atoms with Crippen LogP contribution in [0.1, 0.15) is 53.2 Å². The number of nitriles is 1. The zero-order valence-electron chi connectivity index (χ0n) is 19.2. The lowest BCUT2D eigenvalue weighted by atomic mass is 9.72. The Morgan fingerprint density at radius 3 is 2.51 bits per heavy atom. The quantitative estimate of drug-likeness (QED) is 0.467. The Hall–Kier alpha value is -3.86. The maximum atomic E-state index is 14.0. The molecule has 1 aliphatic heterocycles. The SMILES string of the molecule is CCOC(=O)[C@@H]1/C(=C2\CCc3ccccc3C2=O)NC(C)=C(C#N)[C@H]1c1ccccc1C(F)(F)F. The molecular weight excluding hydrogens is 457 g/mol. The number of aryl methyl sites for hydroxylation is 1. The highest BCUT2D eigenvalue weighted by Gasteiger charge is 2.46. The van der Waals surface area contributed by atoms with E-state index in [-0.39, 0.29) is 29.2 Å². The standard InChI is InChI=1S/C27H23F3N2O3/c1-3-35-26(34)23-22(18-10-6-7-11-21(18)27(28,29)30)20(14-31)15(2)32-24(23)19-13-12-16-8-4-5-9-17(16)25(19)33/h4-11,22-23,32H,3,12-13H2,1-2H3/b24-19-/t22-,23+/m1/s1. The van der Waals surface area contributed by atoms with Crippen LogP contribution in [0, 0.1) is 17.2 Å². The van der Waals surface area contributed by atoms with Crippen LogP contribution in [0.4, 0.5) is 13.2 Å². The molecule has 5 nitrogen and oxygen atoms in total. The van der Waals surface area contributed by atoms with Crippen LogP contribution < -0.4 is 5.32 Å². The van der Waals surface area contributed by atoms with Crippen LogP contribution in [0.15, 0.2) is 71.1 Å². The van der Waals surface area contributed by atoms with Crippen molar-refractivity contribution in [3.63, 3.8) is 0 Å². The molecule has 0 fully saturated rings. The van der Waals surface area contributed by atoms with E-state index in [2.05, 4.69) is 5.32 Å². The molecule has 0 radical (unpaired) electrons. The largest absolute Gasteiger partial charge is 0.465 e. The molecule has 0 saturated heterocycles. The number of allylic oxidation sites excluding steroid dienone is 3. The first kappa shape index (κ1) is 24.3. The number of Topliss-reactive ketones (excluding diaryl/α,β-unsaturated/α-hetero) is 1. The summed E-state index contributed by atoms with van der Waals surface area (Å²) in [5, 5.41) is 13.0. The highest BCUT2D eigenvalue weighted by molar-refractivity contribution is 6.11. The fourth-order valence-corrected chi connectivity index (χ4v) is 4.93. The number of ketones is 1. The Morgan fingerprint density at radius 2 is 1.83 bits per heavy atom. The van der Waals surface area contributed by atoms with E-state index < -0.39 is 29.5 Å². The smallest absolute Gasteiger partial charge is 0.416 e. The van der Waals surface area contributed by atoms with Gasteiger partial charge >= 0.3 is 12.1 Å². The molecule has 2 aliphatic rings. The third-order valence-corrected chi connectivity index (χ3v) is 6.45. The van der Waals surface area contributed by atoms with Crippen molar-refractivity contribution in [1.82, 2.24) is 5.32 Å². The molecular formula is C27H23F3N2O3. The Morgan fingerprint density at radius 1 is 1.14 bits per heavy atom. The first-order chi connectivity index (χ1) is 16.7. The van der Waals surface area contributed by atoms with Crippen LogP contribution in [0.2, 0.25) is 0 Å². The topological polar surface area (TPSA) is 79.2 Å². The Balaban J connectivity index is 1.99. The van der Waals surface area contributed by atoms with Gasteiger partial charge in [0.05, 0.1) is 23.8 Å². The first-order valence-electron chi connectivity index (χ1n) is 11.2. The monoisotopic (exact) mass is 480 g/mol. The number of esters is 1. The molecule has 2 atom stereocenters. The van der Waals surface area contributed by atoms with Gasteiger partial charge in [0.1, 0.15) is 5.92 Å². The summed E-state index contributed by atoms with van der Waals surface area (Å²) in [5.74, 6) is -3.68. The van der Waals surface area contributed by atoms with E-state index in [0.29, 0.717) is 29.7 Å². The molecule has 2 aromatic carbocycles. The number of ether oxygens (including phenoxy) is 1. The Kier molecular flexibility index (Phi) is 6.53. The number of alkyl halides is 3. The molecule has 0 bridgehead atoms. The number of halogens is 3. The normalized spacial score (nSPS) is 22.2. The van der Waals surface area contributed by atoms with Gasteiger partial charge in [0, 0.05) is 28.4 Å². The number of fused-ring (bicyclic) bond motifs is 1. The van der Waals surface area contributed by atoms with Crippen LogP contribution in [-0.4, -0.2) is 18.4 Å². The maximum Gasteiger partial charge on any atom is 0.416 e. The van der Waals surface area contributed by atoms with Crippen LogP contribution in [0.5, 0.6) is 0 Å². The van der Waals surface area contributed by atoms with Gasteiger partial charge in [-0.2, -0.15) is 18.4 Å². The molecule has 35 heavy (non-hydrogen) atoms. The number of carbonyl (C=O) groups is 2. The number of hydrogen-bond donors (Lipinski definition) is 1. The first-order valence-corrected chi connectivity index (χ1v) is 11.2. The molecule has 0 amide bonds. The third-order valence-electron chi connectivity index (χ3n) is 6.45. The Labute approximate surface area is 200 Å². The number of benzene rings is 2. The highest BCUT2D eigenvalue weighted by atomic mass is 19.4. The average Bonchev–Trinajstić information content (AvgIpc) is 2.83. The van der Waals surface area contributed by atoms with E-state index in [0.717, 1.165) is 11.6 Å². The lowest BCUT2D eigenvalue weighted by molar-refractivity contribution is -0.148. The number of rotatable bonds is 3. The summed E-state index contributed by atoms with van der Waals surface area (Å²) in [6.07, 6.45) is -3.87. The number of hydrogen-bond acceptors (Lipinski definition) is 5. The van der Waals surface area contributed by atoms with Gasteiger partial charge in [-0.05, 0) is 43.9 Å². The molecule has 1 heterocycles. The van der Waals surface area contributed by atoms with Gasteiger partial charge in [-0.25, -0.2) is 0 Å². The van der Waals surface area contributed by atoms with Crippen molar-refractivity contribution in [2.75, 3.05) is 6.61 Å². The molecule has 2 aromatic rings. The van der Waals surface area contributed by atoms with Gasteiger partial charge in [-0.1, -0.05) is 42.5 Å². The maximum absolute atomic E-state index is 14.0. The van der Waals surface area contributed by atoms with Gasteiger partial charge < -0.3 is 10.1 Å². The minimum atomic E-state index is -4.71. The molecule has 1 N–H and O–H groups in total. The summed E-state index contributed by atoms with van der Waals surface area (Å²) >= 11 is 0. The minimum Gasteiger partial charge on any atom is -0.465 e. The van der Waals surface area contributed by atoms with Gasteiger partial charge in [-0.15, -0.1) is 0 Å². The van der Waals surface area contributed by atoms with E-state index in [4.69, 9.17) is 4.74 Å². The molecule has 0 aromatic heterocycles. The molecule has 8 heteroatoms. The van der Waals surface area contributed by atoms with E-state index in [1.54, 1.807) is 26.0 Å². The number of carbonyl (C=O) groups excluding carboxylic acids is 2. The lowest BCUT2D eigenvalue weighted by Gasteiger charge is -2.37. The third kappa shape index (κ3) is 4.34. The zero-order chi connectivity index (χ0) is 25.3. The van der Waals surface area contributed by atoms with E-state index in [1.165, 1.54) is 18.2 Å². The fraction of sp³-hybridized carbons (Fsp3) is 0.296. The molecule has 180 valence electrons. The zero-order valence-corrected chi connectivity index (χ0v) is 19.2. The molecule has 4 rings (SSSR count). The van der Waals surface area contributed by atoms with Crippen molar-refractivity contribution < 1.29 is 27.5 Å². The minimum absolute atomic E-state index is 0.00670. The second-order valence-electron chi connectivity index (χ2n) is 8.45. The summed E-state index contributed by atoms with van der Waals surface area (Å²) in [7, 11) is 0. The fourth-order valence-electron chi connectivity index (χ4n) is 4.93. The summed E-state index contributed by atoms with van der Waals surface area (Å²) in [4.78, 5) is 26.8. The van der Waals surface area contributed by atoms with Gasteiger partial charge in [0.25, 0.3) is 0 Å². The summed E-state index contributed by atoms with van der Waals surface area (Å²) in [6.45, 7) is 3.14. The number of nitrogens with zero attached hydrogens (tertiary/aromatic N) is 1. The summed E-state index contributed by atoms with van der Waals surface area (Å²) < 4.78 is 47.2. The summed E-state index contributed by atoms with van der Waals surface area (Å²) in [6, 6.07) is 14.0. The number of nitrogens with one attached hydrogen (secondary N) is 1. The van der Waals surface area contributed by atoms with Gasteiger partial charge in [-0.3, -0.25) is 9.59 Å². The van der Waals surface area contributed by atoms with E-state index in [1.807, 2.05) is 18.2 Å². The molecule has 0 saturated carbocycles. The van der Waals surface area contributed by atoms with Crippen molar-refractivity contribution in [2.24, 2.45) is 5.92 Å². The average molecular weight is 480 g/mol. The van der Waals surface area contributed by atoms with Crippen LogP contribution in [0.3, 0.4) is 0 Å². The van der Waals surface area contributed by atoms with Crippen LogP contribution in [-0.2, 0) is 22.1 Å². The van der Waals surface area contributed by atoms with Crippen LogP contribution in [0.25, 0.3) is 0 Å². The van der Waals surface area contributed by atoms with Crippen molar-refractivity contribution >= 4 is 11.8 Å². The van der Waals surface area contributed by atoms with Crippen molar-refractivity contribution in [3.05, 3.63) is 93.3 Å². The van der Waals surface area contributed by atoms with E-state index in [9.17, 15) is 28.0 Å².